The number of hydrazine groups is 1. The molecule has 20 heavy (non-hydrogen) atoms. The quantitative estimate of drug-likeness (QED) is 0.655. The van der Waals surface area contributed by atoms with Crippen LogP contribution in [0.2, 0.25) is 0 Å². The van der Waals surface area contributed by atoms with Crippen molar-refractivity contribution in [3.8, 4) is 0 Å². The van der Waals surface area contributed by atoms with Gasteiger partial charge in [-0.2, -0.15) is 0 Å². The first-order chi connectivity index (χ1) is 9.48. The SMILES string of the molecule is Cc1cccc(C(NN)C(C)(C)N2CCCCC2)c1C. The summed E-state index contributed by atoms with van der Waals surface area (Å²) in [5, 5.41) is 0. The van der Waals surface area contributed by atoms with E-state index in [9.17, 15) is 0 Å². The van der Waals surface area contributed by atoms with E-state index < -0.39 is 0 Å². The van der Waals surface area contributed by atoms with E-state index in [1.807, 2.05) is 0 Å². The highest BCUT2D eigenvalue weighted by Crippen LogP contribution is 2.34. The van der Waals surface area contributed by atoms with Gasteiger partial charge in [-0.05, 0) is 70.3 Å². The van der Waals surface area contributed by atoms with Gasteiger partial charge in [-0.1, -0.05) is 24.6 Å². The zero-order valence-electron chi connectivity index (χ0n) is 13.4. The smallest absolute Gasteiger partial charge is 0.0641 e. The van der Waals surface area contributed by atoms with E-state index >= 15 is 0 Å². The fourth-order valence-corrected chi connectivity index (χ4v) is 3.41. The third-order valence-corrected chi connectivity index (χ3v) is 5.00. The molecular weight excluding hydrogens is 246 g/mol. The number of hydrogen-bond donors (Lipinski definition) is 2. The molecule has 0 amide bonds. The lowest BCUT2D eigenvalue weighted by Crippen LogP contribution is -2.55. The second-order valence-electron chi connectivity index (χ2n) is 6.59. The summed E-state index contributed by atoms with van der Waals surface area (Å²) in [5.74, 6) is 5.94. The lowest BCUT2D eigenvalue weighted by Gasteiger charge is -2.46. The molecule has 1 unspecified atom stereocenters. The zero-order chi connectivity index (χ0) is 14.8. The summed E-state index contributed by atoms with van der Waals surface area (Å²) >= 11 is 0. The minimum Gasteiger partial charge on any atom is -0.296 e. The molecule has 0 aliphatic carbocycles. The largest absolute Gasteiger partial charge is 0.296 e. The van der Waals surface area contributed by atoms with Crippen LogP contribution in [-0.2, 0) is 0 Å². The Morgan fingerprint density at radius 2 is 1.80 bits per heavy atom. The second kappa shape index (κ2) is 6.25. The first-order valence-electron chi connectivity index (χ1n) is 7.75. The molecule has 0 bridgehead atoms. The Hall–Kier alpha value is -0.900. The Kier molecular flexibility index (Phi) is 4.84. The van der Waals surface area contributed by atoms with Gasteiger partial charge in [0.15, 0.2) is 0 Å². The predicted molar refractivity (Wildman–Crippen MR) is 85.5 cm³/mol. The Morgan fingerprint density at radius 3 is 2.40 bits per heavy atom. The van der Waals surface area contributed by atoms with Gasteiger partial charge >= 0.3 is 0 Å². The molecule has 1 saturated heterocycles. The summed E-state index contributed by atoms with van der Waals surface area (Å²) in [4.78, 5) is 2.59. The topological polar surface area (TPSA) is 41.3 Å². The number of nitrogens with one attached hydrogen (secondary N) is 1. The van der Waals surface area contributed by atoms with E-state index in [1.165, 1.54) is 49.0 Å². The minimum absolute atomic E-state index is 0.0216. The van der Waals surface area contributed by atoms with Gasteiger partial charge in [-0.25, -0.2) is 0 Å². The van der Waals surface area contributed by atoms with Crippen LogP contribution in [0.4, 0.5) is 0 Å². The molecule has 3 N–H and O–H groups in total. The van der Waals surface area contributed by atoms with Crippen molar-refractivity contribution in [2.45, 2.75) is 58.5 Å². The van der Waals surface area contributed by atoms with Crippen molar-refractivity contribution in [2.24, 2.45) is 5.84 Å². The lowest BCUT2D eigenvalue weighted by atomic mass is 9.83. The van der Waals surface area contributed by atoms with Gasteiger partial charge < -0.3 is 0 Å². The van der Waals surface area contributed by atoms with Crippen LogP contribution in [0, 0.1) is 13.8 Å². The summed E-state index contributed by atoms with van der Waals surface area (Å²) < 4.78 is 0. The highest BCUT2D eigenvalue weighted by atomic mass is 15.3. The molecule has 3 heteroatoms. The Morgan fingerprint density at radius 1 is 1.15 bits per heavy atom. The Labute approximate surface area is 123 Å². The highest BCUT2D eigenvalue weighted by molar-refractivity contribution is 5.37. The predicted octanol–water partition coefficient (Wildman–Crippen LogP) is 3.07. The molecule has 1 aliphatic heterocycles. The Balaban J connectivity index is 2.32. The molecule has 0 radical (unpaired) electrons. The zero-order valence-corrected chi connectivity index (χ0v) is 13.4. The second-order valence-corrected chi connectivity index (χ2v) is 6.59. The van der Waals surface area contributed by atoms with E-state index in [0.29, 0.717) is 0 Å². The number of piperidine rings is 1. The summed E-state index contributed by atoms with van der Waals surface area (Å²) in [6.07, 6.45) is 3.96. The van der Waals surface area contributed by atoms with Crippen molar-refractivity contribution in [3.05, 3.63) is 34.9 Å². The fourth-order valence-electron chi connectivity index (χ4n) is 3.41. The first kappa shape index (κ1) is 15.5. The first-order valence-corrected chi connectivity index (χ1v) is 7.75. The van der Waals surface area contributed by atoms with Gasteiger partial charge in [0.25, 0.3) is 0 Å². The molecule has 0 spiro atoms. The number of rotatable bonds is 4. The van der Waals surface area contributed by atoms with Crippen LogP contribution in [0.1, 0.15) is 55.8 Å². The van der Waals surface area contributed by atoms with Crippen LogP contribution in [0.5, 0.6) is 0 Å². The number of nitrogens with two attached hydrogens (primary N) is 1. The third-order valence-electron chi connectivity index (χ3n) is 5.00. The van der Waals surface area contributed by atoms with E-state index in [-0.39, 0.29) is 11.6 Å². The lowest BCUT2D eigenvalue weighted by molar-refractivity contribution is 0.0606. The van der Waals surface area contributed by atoms with Gasteiger partial charge in [0.05, 0.1) is 6.04 Å². The number of aryl methyl sites for hydroxylation is 1. The third kappa shape index (κ3) is 2.90. The van der Waals surface area contributed by atoms with E-state index in [1.54, 1.807) is 0 Å². The van der Waals surface area contributed by atoms with Gasteiger partial charge in [0.1, 0.15) is 0 Å². The van der Waals surface area contributed by atoms with Gasteiger partial charge in [0.2, 0.25) is 0 Å². The van der Waals surface area contributed by atoms with Crippen molar-refractivity contribution in [3.63, 3.8) is 0 Å². The maximum atomic E-state index is 5.94. The molecule has 1 heterocycles. The van der Waals surface area contributed by atoms with E-state index in [0.717, 1.165) is 0 Å². The maximum Gasteiger partial charge on any atom is 0.0641 e. The van der Waals surface area contributed by atoms with Crippen molar-refractivity contribution in [1.29, 1.82) is 0 Å². The minimum atomic E-state index is 0.0216. The molecule has 0 aromatic heterocycles. The molecular formula is C17H29N3. The normalized spacial score (nSPS) is 19.1. The summed E-state index contributed by atoms with van der Waals surface area (Å²) in [7, 11) is 0. The number of nitrogens with zero attached hydrogens (tertiary/aromatic N) is 1. The summed E-state index contributed by atoms with van der Waals surface area (Å²) in [6.45, 7) is 11.3. The summed E-state index contributed by atoms with van der Waals surface area (Å²) in [6, 6.07) is 6.66. The van der Waals surface area contributed by atoms with Crippen LogP contribution in [-0.4, -0.2) is 23.5 Å². The van der Waals surface area contributed by atoms with Crippen LogP contribution < -0.4 is 11.3 Å². The molecule has 2 rings (SSSR count). The monoisotopic (exact) mass is 275 g/mol. The van der Waals surface area contributed by atoms with Crippen LogP contribution in [0.15, 0.2) is 18.2 Å². The molecule has 1 aromatic carbocycles. The van der Waals surface area contributed by atoms with E-state index in [4.69, 9.17) is 5.84 Å². The van der Waals surface area contributed by atoms with Crippen molar-refractivity contribution >= 4 is 0 Å². The van der Waals surface area contributed by atoms with Crippen LogP contribution >= 0.6 is 0 Å². The highest BCUT2D eigenvalue weighted by Gasteiger charge is 2.37. The average molecular weight is 275 g/mol. The molecule has 0 saturated carbocycles. The molecule has 1 atom stereocenters. The number of benzene rings is 1. The molecule has 3 nitrogen and oxygen atoms in total. The molecule has 1 aromatic rings. The van der Waals surface area contributed by atoms with Crippen LogP contribution in [0.3, 0.4) is 0 Å². The standard InChI is InChI=1S/C17H29N3/c1-13-9-8-10-15(14(13)2)16(19-18)17(3,4)20-11-6-5-7-12-20/h8-10,16,19H,5-7,11-12,18H2,1-4H3. The number of hydrogen-bond acceptors (Lipinski definition) is 3. The van der Waals surface area contributed by atoms with Gasteiger partial charge in [0, 0.05) is 5.54 Å². The summed E-state index contributed by atoms with van der Waals surface area (Å²) in [5.41, 5.74) is 7.10. The number of likely N-dealkylation sites (tertiary alicyclic amines) is 1. The van der Waals surface area contributed by atoms with Gasteiger partial charge in [-0.3, -0.25) is 16.2 Å². The van der Waals surface area contributed by atoms with E-state index in [2.05, 4.69) is 56.2 Å². The fraction of sp³-hybridized carbons (Fsp3) is 0.647. The maximum absolute atomic E-state index is 5.94. The molecule has 1 fully saturated rings. The molecule has 1 aliphatic rings. The Bertz CT molecular complexity index is 448. The molecule has 112 valence electrons. The van der Waals surface area contributed by atoms with Crippen molar-refractivity contribution < 1.29 is 0 Å². The average Bonchev–Trinajstić information content (AvgIpc) is 2.45. The van der Waals surface area contributed by atoms with Crippen LogP contribution in [0.25, 0.3) is 0 Å². The van der Waals surface area contributed by atoms with Gasteiger partial charge in [-0.15, -0.1) is 0 Å². The van der Waals surface area contributed by atoms with Crippen molar-refractivity contribution in [2.75, 3.05) is 13.1 Å². The van der Waals surface area contributed by atoms with Crippen molar-refractivity contribution in [1.82, 2.24) is 10.3 Å².